The number of carbonyl (C=O) groups excluding carboxylic acids is 1. The zero-order chi connectivity index (χ0) is 46.8. The van der Waals surface area contributed by atoms with Crippen molar-refractivity contribution in [3.05, 3.63) is 115 Å². The van der Waals surface area contributed by atoms with E-state index in [0.29, 0.717) is 21.6 Å². The fraction of sp³-hybridized carbons (Fsp3) is 0.359. The summed E-state index contributed by atoms with van der Waals surface area (Å²) >= 11 is 6.42. The number of hydrogen-bond donors (Lipinski definition) is 3. The van der Waals surface area contributed by atoms with Crippen LogP contribution in [0.4, 0.5) is 54.0 Å². The number of nitrogens with zero attached hydrogens (tertiary/aromatic N) is 5. The fourth-order valence-electron chi connectivity index (χ4n) is 7.87. The first-order chi connectivity index (χ1) is 29.8. The van der Waals surface area contributed by atoms with Crippen LogP contribution in [0.5, 0.6) is 0 Å². The molecule has 4 N–H and O–H groups in total. The van der Waals surface area contributed by atoms with Crippen LogP contribution in [-0.2, 0) is 40.1 Å². The van der Waals surface area contributed by atoms with Crippen LogP contribution >= 0.6 is 11.6 Å². The molecule has 0 bridgehead atoms. The van der Waals surface area contributed by atoms with Crippen LogP contribution in [0.2, 0.25) is 5.02 Å². The largest absolute Gasteiger partial charge is 0.389 e. The van der Waals surface area contributed by atoms with Gasteiger partial charge in [-0.15, -0.1) is 4.40 Å². The molecule has 1 fully saturated rings. The van der Waals surface area contributed by atoms with E-state index in [-0.39, 0.29) is 28.5 Å². The van der Waals surface area contributed by atoms with Gasteiger partial charge in [-0.3, -0.25) is 18.8 Å². The van der Waals surface area contributed by atoms with Gasteiger partial charge in [-0.2, -0.15) is 27.1 Å². The predicted molar refractivity (Wildman–Crippen MR) is 210 cm³/mol. The predicted octanol–water partition coefficient (Wildman–Crippen LogP) is 7.60. The highest BCUT2D eigenvalue weighted by Crippen LogP contribution is 2.68. The molecule has 25 heteroatoms. The molecule has 7 rings (SSSR count). The van der Waals surface area contributed by atoms with E-state index in [1.807, 2.05) is 0 Å². The molecule has 0 spiro atoms. The van der Waals surface area contributed by atoms with Gasteiger partial charge in [0.1, 0.15) is 41.2 Å². The topological polar surface area (TPSA) is 166 Å². The van der Waals surface area contributed by atoms with Crippen LogP contribution in [0.25, 0.3) is 16.6 Å². The number of benzene rings is 3. The lowest BCUT2D eigenvalue weighted by Crippen LogP contribution is -2.38. The molecule has 2 heterocycles. The van der Waals surface area contributed by atoms with E-state index < -0.39 is 159 Å². The number of nitrogens with two attached hydrogens (primary N) is 1. The van der Waals surface area contributed by atoms with Gasteiger partial charge >= 0.3 is 6.18 Å². The number of sulfonamides is 1. The van der Waals surface area contributed by atoms with Gasteiger partial charge in [-0.05, 0) is 66.3 Å². The average molecular weight is 953 g/mol. The smallest absolute Gasteiger partial charge is 0.382 e. The maximum Gasteiger partial charge on any atom is 0.389 e. The standard InChI is InChI=1S/C39H32ClF11N8O4S/c1-64(62,63)57-35(52)30-23(40)4-5-26(31(30)53-14-27(43)44)59-36(55-24-10-16(6-7-38(47,48)49)2-3-20(24)37(59)61)25(11-17-8-18(41)12-19(42)9-17)54-28(60)15-58-33-29(32(56-58)34(45)46)21-13-22(21)39(33,50)51/h2-5,8-10,12,21-22,25,27,34,53H,6-7,11,13-15H2,1H3,(H2,52,57)(H,54,60)/t21?,22?,25-/m0/s1. The highest BCUT2D eigenvalue weighted by molar-refractivity contribution is 7.89. The molecule has 1 saturated carbocycles. The minimum atomic E-state index is -4.61. The summed E-state index contributed by atoms with van der Waals surface area (Å²) in [5, 5.41) is 7.66. The van der Waals surface area contributed by atoms with Crippen LogP contribution in [0.3, 0.4) is 0 Å². The van der Waals surface area contributed by atoms with Gasteiger partial charge in [-0.25, -0.2) is 39.7 Å². The minimum absolute atomic E-state index is 0.00684. The summed E-state index contributed by atoms with van der Waals surface area (Å²) in [6.45, 7) is -2.37. The van der Waals surface area contributed by atoms with Gasteiger partial charge in [0.2, 0.25) is 5.91 Å². The maximum absolute atomic E-state index is 15.5. The first-order valence-corrected chi connectivity index (χ1v) is 21.1. The Morgan fingerprint density at radius 3 is 2.36 bits per heavy atom. The van der Waals surface area contributed by atoms with E-state index in [0.717, 1.165) is 36.4 Å². The molecule has 12 nitrogen and oxygen atoms in total. The van der Waals surface area contributed by atoms with Crippen molar-refractivity contribution in [3.8, 4) is 5.69 Å². The molecule has 1 amide bonds. The highest BCUT2D eigenvalue weighted by atomic mass is 35.5. The third kappa shape index (κ3) is 9.52. The lowest BCUT2D eigenvalue weighted by Gasteiger charge is -2.26. The molecule has 2 unspecified atom stereocenters. The van der Waals surface area contributed by atoms with Crippen LogP contribution in [-0.4, -0.2) is 64.9 Å². The first kappa shape index (κ1) is 46.2. The van der Waals surface area contributed by atoms with Gasteiger partial charge in [0.05, 0.1) is 51.7 Å². The number of anilines is 1. The molecule has 0 radical (unpaired) electrons. The van der Waals surface area contributed by atoms with Crippen molar-refractivity contribution in [2.45, 2.75) is 69.1 Å². The van der Waals surface area contributed by atoms with Gasteiger partial charge < -0.3 is 16.4 Å². The monoisotopic (exact) mass is 952 g/mol. The van der Waals surface area contributed by atoms with E-state index in [1.54, 1.807) is 0 Å². The van der Waals surface area contributed by atoms with E-state index in [4.69, 9.17) is 17.3 Å². The quantitative estimate of drug-likeness (QED) is 0.0549. The van der Waals surface area contributed by atoms with Crippen LogP contribution in [0.15, 0.2) is 57.7 Å². The van der Waals surface area contributed by atoms with Crippen molar-refractivity contribution in [3.63, 3.8) is 0 Å². The number of hydrogen-bond acceptors (Lipinski definition) is 7. The normalized spacial score (nSPS) is 17.5. The molecule has 2 aliphatic carbocycles. The Kier molecular flexibility index (Phi) is 12.3. The lowest BCUT2D eigenvalue weighted by molar-refractivity contribution is -0.134. The summed E-state index contributed by atoms with van der Waals surface area (Å²) in [5.41, 5.74) is 0.462. The molecule has 5 aromatic rings. The Bertz CT molecular complexity index is 2870. The van der Waals surface area contributed by atoms with Gasteiger partial charge in [-0.1, -0.05) is 17.7 Å². The number of fused-ring (bicyclic) bond motifs is 4. The second kappa shape index (κ2) is 17.0. The summed E-state index contributed by atoms with van der Waals surface area (Å²) in [6.07, 6.45) is -13.1. The number of amides is 1. The van der Waals surface area contributed by atoms with E-state index in [1.165, 1.54) is 6.07 Å². The van der Waals surface area contributed by atoms with Crippen LogP contribution in [0, 0.1) is 17.6 Å². The van der Waals surface area contributed by atoms with Gasteiger partial charge in [0.25, 0.3) is 34.4 Å². The molecule has 2 aliphatic rings. The number of halogens is 12. The van der Waals surface area contributed by atoms with Gasteiger partial charge in [0.15, 0.2) is 0 Å². The van der Waals surface area contributed by atoms with E-state index in [9.17, 15) is 57.5 Å². The van der Waals surface area contributed by atoms with Crippen molar-refractivity contribution in [1.82, 2.24) is 24.6 Å². The number of aromatic nitrogens is 4. The molecule has 3 aromatic carbocycles. The summed E-state index contributed by atoms with van der Waals surface area (Å²) in [5.74, 6) is -10.9. The average Bonchev–Trinajstić information content (AvgIpc) is 3.83. The third-order valence-electron chi connectivity index (χ3n) is 10.5. The van der Waals surface area contributed by atoms with Crippen molar-refractivity contribution < 1.29 is 61.5 Å². The zero-order valence-electron chi connectivity index (χ0n) is 32.6. The van der Waals surface area contributed by atoms with Crippen molar-refractivity contribution in [2.24, 2.45) is 16.0 Å². The van der Waals surface area contributed by atoms with Crippen molar-refractivity contribution in [2.75, 3.05) is 18.1 Å². The second-order valence-corrected chi connectivity index (χ2v) is 17.2. The molecular weight excluding hydrogens is 921 g/mol. The Morgan fingerprint density at radius 1 is 1.05 bits per heavy atom. The molecule has 0 saturated heterocycles. The summed E-state index contributed by atoms with van der Waals surface area (Å²) < 4.78 is 185. The Labute approximate surface area is 359 Å². The number of carbonyl (C=O) groups is 1. The Balaban J connectivity index is 1.47. The van der Waals surface area contributed by atoms with Gasteiger partial charge in [0, 0.05) is 30.4 Å². The number of nitrogens with one attached hydrogen (secondary N) is 2. The zero-order valence-corrected chi connectivity index (χ0v) is 34.2. The molecule has 3 atom stereocenters. The Hall–Kier alpha value is -5.78. The van der Waals surface area contributed by atoms with Crippen molar-refractivity contribution >= 4 is 50.0 Å². The number of rotatable bonds is 15. The lowest BCUT2D eigenvalue weighted by atomic mass is 10.0. The van der Waals surface area contributed by atoms with Crippen LogP contribution in [0.1, 0.15) is 70.7 Å². The third-order valence-corrected chi connectivity index (χ3v) is 11.3. The SMILES string of the molecule is CS(=O)(=O)/N=C(\N)c1c(Cl)ccc(-n2c([C@H](Cc3cc(F)cc(F)c3)NC(=O)Cn3nc(C(F)F)c4c3C(F)(F)C3CC43)nc3cc(CCC(F)(F)F)ccc3c2=O)c1NCC(F)F. The van der Waals surface area contributed by atoms with Crippen molar-refractivity contribution in [1.29, 1.82) is 0 Å². The molecular formula is C39H32ClF11N8O4S. The molecule has 2 aromatic heterocycles. The summed E-state index contributed by atoms with van der Waals surface area (Å²) in [4.78, 5) is 33.3. The Morgan fingerprint density at radius 2 is 1.73 bits per heavy atom. The highest BCUT2D eigenvalue weighted by Gasteiger charge is 2.67. The number of alkyl halides is 9. The number of amidine groups is 1. The summed E-state index contributed by atoms with van der Waals surface area (Å²) in [6, 6.07) is 5.74. The first-order valence-electron chi connectivity index (χ1n) is 18.9. The molecule has 64 heavy (non-hydrogen) atoms. The van der Waals surface area contributed by atoms with E-state index >= 15 is 8.78 Å². The molecule has 0 aliphatic heterocycles. The van der Waals surface area contributed by atoms with E-state index in [2.05, 4.69) is 25.1 Å². The van der Waals surface area contributed by atoms with Crippen LogP contribution < -0.4 is 21.9 Å². The fourth-order valence-corrected chi connectivity index (χ4v) is 8.57. The minimum Gasteiger partial charge on any atom is -0.382 e. The second-order valence-electron chi connectivity index (χ2n) is 15.2. The summed E-state index contributed by atoms with van der Waals surface area (Å²) in [7, 11) is -4.31. The maximum atomic E-state index is 15.5. The molecule has 342 valence electrons. The number of aryl methyl sites for hydroxylation is 1.